The van der Waals surface area contributed by atoms with E-state index in [2.05, 4.69) is 17.4 Å². The Morgan fingerprint density at radius 1 is 1.03 bits per heavy atom. The average molecular weight is 487 g/mol. The number of hydrogen-bond acceptors (Lipinski definition) is 7. The highest BCUT2D eigenvalue weighted by molar-refractivity contribution is 6.08. The van der Waals surface area contributed by atoms with Crippen LogP contribution in [0.15, 0.2) is 60.7 Å². The van der Waals surface area contributed by atoms with Crippen LogP contribution in [0.2, 0.25) is 0 Å². The number of phenolic OH excluding ortho intramolecular Hbond substituents is 3. The van der Waals surface area contributed by atoms with Gasteiger partial charge in [0.1, 0.15) is 23.0 Å². The molecule has 3 aromatic rings. The normalized spacial score (nSPS) is 15.4. The molecule has 0 amide bonds. The van der Waals surface area contributed by atoms with Crippen LogP contribution in [0, 0.1) is 0 Å². The van der Waals surface area contributed by atoms with E-state index in [-0.39, 0.29) is 41.1 Å². The van der Waals surface area contributed by atoms with Gasteiger partial charge in [-0.2, -0.15) is 0 Å². The zero-order valence-corrected chi connectivity index (χ0v) is 20.2. The number of carbonyl (C=O) groups is 1. The predicted octanol–water partition coefficient (Wildman–Crippen LogP) is 5.45. The zero-order chi connectivity index (χ0) is 25.2. The van der Waals surface area contributed by atoms with Crippen molar-refractivity contribution in [3.8, 4) is 23.0 Å². The summed E-state index contributed by atoms with van der Waals surface area (Å²) in [5, 5.41) is 34.7. The van der Waals surface area contributed by atoms with Crippen molar-refractivity contribution < 1.29 is 24.9 Å². The molecule has 0 bridgehead atoms. The highest BCUT2D eigenvalue weighted by Gasteiger charge is 2.32. The molecule has 0 fully saturated rings. The number of nitrogens with zero attached hydrogens (tertiary/aromatic N) is 1. The summed E-state index contributed by atoms with van der Waals surface area (Å²) >= 11 is 0. The molecule has 36 heavy (non-hydrogen) atoms. The Morgan fingerprint density at radius 2 is 1.81 bits per heavy atom. The van der Waals surface area contributed by atoms with Gasteiger partial charge in [0.25, 0.3) is 0 Å². The molecule has 3 aromatic carbocycles. The molecule has 5 rings (SSSR count). The maximum atomic E-state index is 12.5. The number of phenols is 3. The first-order valence-electron chi connectivity index (χ1n) is 12.3. The first kappa shape index (κ1) is 23.6. The summed E-state index contributed by atoms with van der Waals surface area (Å²) in [6.07, 6.45) is 5.00. The number of anilines is 2. The van der Waals surface area contributed by atoms with Gasteiger partial charge in [-0.1, -0.05) is 30.3 Å². The Hall–Kier alpha value is -4.13. The van der Waals surface area contributed by atoms with E-state index in [4.69, 9.17) is 4.74 Å². The Morgan fingerprint density at radius 3 is 2.61 bits per heavy atom. The van der Waals surface area contributed by atoms with Gasteiger partial charge in [-0.25, -0.2) is 0 Å². The number of aryl methyl sites for hydroxylation is 1. The number of ether oxygens (including phenoxy) is 1. The molecule has 0 aliphatic carbocycles. The maximum absolute atomic E-state index is 12.5. The van der Waals surface area contributed by atoms with Crippen LogP contribution in [0.3, 0.4) is 0 Å². The maximum Gasteiger partial charge on any atom is 0.170 e. The highest BCUT2D eigenvalue weighted by atomic mass is 16.5. The molecule has 1 unspecified atom stereocenters. The van der Waals surface area contributed by atoms with Gasteiger partial charge in [0.05, 0.1) is 34.3 Å². The Balaban J connectivity index is 1.35. The highest BCUT2D eigenvalue weighted by Crippen LogP contribution is 2.45. The minimum atomic E-state index is -0.247. The largest absolute Gasteiger partial charge is 0.508 e. The molecule has 186 valence electrons. The van der Waals surface area contributed by atoms with E-state index >= 15 is 0 Å². The van der Waals surface area contributed by atoms with E-state index in [1.807, 2.05) is 42.2 Å². The topological polar surface area (TPSA) is 102 Å². The second-order valence-corrected chi connectivity index (χ2v) is 9.33. The zero-order valence-electron chi connectivity index (χ0n) is 20.2. The van der Waals surface area contributed by atoms with Gasteiger partial charge in [-0.05, 0) is 37.8 Å². The number of rotatable bonds is 7. The minimum absolute atomic E-state index is 0.0179. The second-order valence-electron chi connectivity index (χ2n) is 9.33. The fourth-order valence-electron chi connectivity index (χ4n) is 5.02. The van der Waals surface area contributed by atoms with Gasteiger partial charge in [-0.15, -0.1) is 0 Å². The van der Waals surface area contributed by atoms with Gasteiger partial charge < -0.3 is 30.3 Å². The number of fused-ring (bicyclic) bond motifs is 2. The third-order valence-electron chi connectivity index (χ3n) is 6.70. The molecule has 0 aromatic heterocycles. The molecule has 0 saturated carbocycles. The lowest BCUT2D eigenvalue weighted by atomic mass is 9.95. The summed E-state index contributed by atoms with van der Waals surface area (Å²) in [6, 6.07) is 16.5. The molecule has 0 radical (unpaired) electrons. The molecule has 0 saturated heterocycles. The van der Waals surface area contributed by atoms with Crippen molar-refractivity contribution in [2.75, 3.05) is 23.3 Å². The van der Waals surface area contributed by atoms with Crippen molar-refractivity contribution in [1.82, 2.24) is 0 Å². The monoisotopic (exact) mass is 486 g/mol. The third-order valence-corrected chi connectivity index (χ3v) is 6.70. The first-order valence-corrected chi connectivity index (χ1v) is 12.3. The fraction of sp³-hybridized carbons (Fsp3) is 0.276. The van der Waals surface area contributed by atoms with E-state index < -0.39 is 0 Å². The SMILES string of the molecule is CC(CCCc1ccccc1)Oc1cc(O)c2c(c1)NCC=C2N1CCC(=O)c2c(O)cc(O)cc21. The molecule has 2 heterocycles. The van der Waals surface area contributed by atoms with Crippen LogP contribution >= 0.6 is 0 Å². The number of carbonyl (C=O) groups excluding carboxylic acids is 1. The van der Waals surface area contributed by atoms with E-state index in [1.165, 1.54) is 17.7 Å². The molecule has 2 aliphatic heterocycles. The number of ketones is 1. The van der Waals surface area contributed by atoms with Crippen LogP contribution < -0.4 is 15.0 Å². The lowest BCUT2D eigenvalue weighted by Crippen LogP contribution is -2.32. The molecular weight excluding hydrogens is 456 g/mol. The predicted molar refractivity (Wildman–Crippen MR) is 140 cm³/mol. The number of nitrogens with one attached hydrogen (secondary N) is 1. The first-order chi connectivity index (χ1) is 17.4. The van der Waals surface area contributed by atoms with Gasteiger partial charge in [-0.3, -0.25) is 4.79 Å². The molecular formula is C29H30N2O5. The molecule has 2 aliphatic rings. The van der Waals surface area contributed by atoms with Crippen LogP contribution in [0.4, 0.5) is 11.4 Å². The van der Waals surface area contributed by atoms with Crippen molar-refractivity contribution in [2.24, 2.45) is 0 Å². The number of Topliss-reactive ketones (excluding diaryl/α,β-unsaturated/α-hetero) is 1. The summed E-state index contributed by atoms with van der Waals surface area (Å²) in [6.45, 7) is 2.92. The molecule has 0 spiro atoms. The van der Waals surface area contributed by atoms with Gasteiger partial charge in [0.15, 0.2) is 5.78 Å². The van der Waals surface area contributed by atoms with Crippen LogP contribution in [0.25, 0.3) is 5.70 Å². The summed E-state index contributed by atoms with van der Waals surface area (Å²) in [7, 11) is 0. The fourth-order valence-corrected chi connectivity index (χ4v) is 5.02. The summed E-state index contributed by atoms with van der Waals surface area (Å²) in [4.78, 5) is 14.4. The van der Waals surface area contributed by atoms with Crippen LogP contribution in [-0.2, 0) is 6.42 Å². The van der Waals surface area contributed by atoms with E-state index in [0.717, 1.165) is 24.9 Å². The van der Waals surface area contributed by atoms with Crippen molar-refractivity contribution in [3.05, 3.63) is 77.4 Å². The van der Waals surface area contributed by atoms with E-state index in [1.54, 1.807) is 6.07 Å². The second kappa shape index (κ2) is 9.85. The standard InChI is InChI=1S/C29H30N2O5/c1-18(6-5-9-19-7-3-2-4-8-19)36-21-16-22-28(27(35)17-21)23(10-12-30-22)31-13-11-25(33)29-24(31)14-20(32)15-26(29)34/h2-4,7-8,10,14-18,30,32,34-35H,5-6,9,11-13H2,1H3. The third kappa shape index (κ3) is 4.69. The lowest BCUT2D eigenvalue weighted by molar-refractivity contribution is 0.0978. The minimum Gasteiger partial charge on any atom is -0.508 e. The smallest absolute Gasteiger partial charge is 0.170 e. The van der Waals surface area contributed by atoms with Gasteiger partial charge in [0, 0.05) is 43.8 Å². The quantitative estimate of drug-likeness (QED) is 0.352. The Labute approximate surface area is 210 Å². The number of benzene rings is 3. The van der Waals surface area contributed by atoms with E-state index in [9.17, 15) is 20.1 Å². The van der Waals surface area contributed by atoms with Gasteiger partial charge >= 0.3 is 0 Å². The van der Waals surface area contributed by atoms with Crippen LogP contribution in [0.5, 0.6) is 23.0 Å². The summed E-state index contributed by atoms with van der Waals surface area (Å²) < 4.78 is 6.14. The Kier molecular flexibility index (Phi) is 6.46. The number of hydrogen-bond donors (Lipinski definition) is 4. The summed E-state index contributed by atoms with van der Waals surface area (Å²) in [5.41, 5.74) is 3.94. The van der Waals surface area contributed by atoms with Crippen molar-refractivity contribution in [2.45, 2.75) is 38.7 Å². The van der Waals surface area contributed by atoms with Crippen molar-refractivity contribution >= 4 is 22.9 Å². The Bertz CT molecular complexity index is 1320. The summed E-state index contributed by atoms with van der Waals surface area (Å²) in [5.74, 6) is 0.0818. The van der Waals surface area contributed by atoms with Crippen molar-refractivity contribution in [1.29, 1.82) is 0 Å². The molecule has 7 nitrogen and oxygen atoms in total. The molecule has 7 heteroatoms. The van der Waals surface area contributed by atoms with Gasteiger partial charge in [0.2, 0.25) is 0 Å². The average Bonchev–Trinajstić information content (AvgIpc) is 2.84. The number of aromatic hydroxyl groups is 3. The van der Waals surface area contributed by atoms with E-state index in [0.29, 0.717) is 35.8 Å². The van der Waals surface area contributed by atoms with Crippen LogP contribution in [0.1, 0.15) is 47.7 Å². The van der Waals surface area contributed by atoms with Crippen LogP contribution in [-0.4, -0.2) is 40.3 Å². The molecule has 1 atom stereocenters. The van der Waals surface area contributed by atoms with Crippen molar-refractivity contribution in [3.63, 3.8) is 0 Å². The molecule has 4 N–H and O–H groups in total. The lowest BCUT2D eigenvalue weighted by Gasteiger charge is -2.35.